The molecule has 2 N–H and O–H groups in total. The zero-order valence-corrected chi connectivity index (χ0v) is 15.4. The number of aryl methyl sites for hydroxylation is 1. The van der Waals surface area contributed by atoms with Gasteiger partial charge in [0.1, 0.15) is 10.8 Å². The molecule has 1 heterocycles. The van der Waals surface area contributed by atoms with Gasteiger partial charge in [0.2, 0.25) is 5.88 Å². The van der Waals surface area contributed by atoms with E-state index in [1.165, 1.54) is 7.11 Å². The fourth-order valence-corrected chi connectivity index (χ4v) is 2.55. The Balaban J connectivity index is 2.26. The Labute approximate surface area is 155 Å². The lowest BCUT2D eigenvalue weighted by Gasteiger charge is -2.13. The monoisotopic (exact) mass is 384 g/mol. The lowest BCUT2D eigenvalue weighted by molar-refractivity contribution is -0.143. The largest absolute Gasteiger partial charge is 0.480 e. The number of rotatable bonds is 7. The van der Waals surface area contributed by atoms with E-state index in [9.17, 15) is 4.79 Å². The summed E-state index contributed by atoms with van der Waals surface area (Å²) in [6.07, 6.45) is 0.551. The molecule has 0 aliphatic heterocycles. The second-order valence-corrected chi connectivity index (χ2v) is 5.88. The zero-order chi connectivity index (χ0) is 18.4. The summed E-state index contributed by atoms with van der Waals surface area (Å²) in [6.45, 7) is 2.09. The number of nitrogens with zero attached hydrogens (tertiary/aromatic N) is 1. The Kier molecular flexibility index (Phi) is 6.73. The summed E-state index contributed by atoms with van der Waals surface area (Å²) in [7, 11) is 1.45. The fourth-order valence-electron chi connectivity index (χ4n) is 2.10. The lowest BCUT2D eigenvalue weighted by atomic mass is 10.2. The predicted molar refractivity (Wildman–Crippen MR) is 96.7 cm³/mol. The van der Waals surface area contributed by atoms with Gasteiger partial charge in [0.25, 0.3) is 0 Å². The molecule has 8 heteroatoms. The highest BCUT2D eigenvalue weighted by atomic mass is 35.5. The number of hydrogen-bond acceptors (Lipinski definition) is 6. The number of ether oxygens (including phenoxy) is 3. The average molecular weight is 385 g/mol. The van der Waals surface area contributed by atoms with E-state index in [4.69, 9.17) is 43.1 Å². The Morgan fingerprint density at radius 3 is 2.64 bits per heavy atom. The van der Waals surface area contributed by atoms with Crippen molar-refractivity contribution in [1.29, 1.82) is 0 Å². The molecule has 0 fully saturated rings. The van der Waals surface area contributed by atoms with Crippen LogP contribution >= 0.6 is 23.2 Å². The molecule has 0 aliphatic rings. The minimum absolute atomic E-state index is 0.190. The number of hydrogen-bond donors (Lipinski definition) is 1. The van der Waals surface area contributed by atoms with Crippen molar-refractivity contribution in [3.63, 3.8) is 0 Å². The van der Waals surface area contributed by atoms with E-state index in [2.05, 4.69) is 4.98 Å². The third-order valence-electron chi connectivity index (χ3n) is 3.15. The van der Waals surface area contributed by atoms with Crippen LogP contribution in [0.25, 0.3) is 0 Å². The minimum Gasteiger partial charge on any atom is -0.480 e. The van der Waals surface area contributed by atoms with Crippen LogP contribution < -0.4 is 15.2 Å². The molecule has 0 aliphatic carbocycles. The molecule has 6 nitrogen and oxygen atoms in total. The van der Waals surface area contributed by atoms with Crippen molar-refractivity contribution in [2.45, 2.75) is 19.8 Å². The highest BCUT2D eigenvalue weighted by molar-refractivity contribution is 6.33. The van der Waals surface area contributed by atoms with Gasteiger partial charge in [0.05, 0.1) is 20.1 Å². The summed E-state index contributed by atoms with van der Waals surface area (Å²) in [6, 6.07) is 6.47. The smallest absolute Gasteiger partial charge is 0.306 e. The SMILES string of the molecule is CCOC(=O)CCc1cc(Oc2cc(N)cc(Cl)c2)c(Cl)c(OC)n1. The molecule has 25 heavy (non-hydrogen) atoms. The summed E-state index contributed by atoms with van der Waals surface area (Å²) in [5.41, 5.74) is 6.80. The highest BCUT2D eigenvalue weighted by Gasteiger charge is 2.15. The number of carbonyl (C=O) groups excluding carboxylic acids is 1. The van der Waals surface area contributed by atoms with Gasteiger partial charge in [-0.15, -0.1) is 0 Å². The molecule has 0 unspecified atom stereocenters. The van der Waals surface area contributed by atoms with E-state index in [1.54, 1.807) is 31.2 Å². The second-order valence-electron chi connectivity index (χ2n) is 5.06. The third kappa shape index (κ3) is 5.41. The predicted octanol–water partition coefficient (Wildman–Crippen LogP) is 4.27. The second kappa shape index (κ2) is 8.78. The van der Waals surface area contributed by atoms with Crippen LogP contribution in [0.5, 0.6) is 17.4 Å². The molecule has 0 radical (unpaired) electrons. The van der Waals surface area contributed by atoms with Gasteiger partial charge >= 0.3 is 5.97 Å². The minimum atomic E-state index is -0.303. The van der Waals surface area contributed by atoms with Crippen molar-refractivity contribution in [2.75, 3.05) is 19.5 Å². The summed E-state index contributed by atoms with van der Waals surface area (Å²) in [4.78, 5) is 15.8. The molecule has 0 spiro atoms. The molecular weight excluding hydrogens is 367 g/mol. The van der Waals surface area contributed by atoms with Crippen molar-refractivity contribution in [3.05, 3.63) is 40.0 Å². The number of aromatic nitrogens is 1. The zero-order valence-electron chi connectivity index (χ0n) is 13.8. The molecule has 0 atom stereocenters. The standard InChI is InChI=1S/C17H18Cl2N2O4/c1-3-24-15(22)5-4-12-9-14(16(19)17(21-12)23-2)25-13-7-10(18)6-11(20)8-13/h6-9H,3-5,20H2,1-2H3. The van der Waals surface area contributed by atoms with E-state index < -0.39 is 0 Å². The summed E-state index contributed by atoms with van der Waals surface area (Å²) < 4.78 is 15.9. The van der Waals surface area contributed by atoms with Gasteiger partial charge < -0.3 is 19.9 Å². The van der Waals surface area contributed by atoms with E-state index in [0.29, 0.717) is 40.9 Å². The first-order chi connectivity index (χ1) is 11.9. The average Bonchev–Trinajstić information content (AvgIpc) is 2.54. The third-order valence-corrected chi connectivity index (χ3v) is 3.72. The van der Waals surface area contributed by atoms with Crippen molar-refractivity contribution in [3.8, 4) is 17.4 Å². The number of benzene rings is 1. The number of pyridine rings is 1. The Bertz CT molecular complexity index is 748. The van der Waals surface area contributed by atoms with E-state index >= 15 is 0 Å². The maximum absolute atomic E-state index is 11.5. The first-order valence-corrected chi connectivity index (χ1v) is 8.31. The van der Waals surface area contributed by atoms with Gasteiger partial charge in [-0.05, 0) is 19.1 Å². The molecule has 0 saturated carbocycles. The molecule has 2 rings (SSSR count). The first-order valence-electron chi connectivity index (χ1n) is 7.56. The summed E-state index contributed by atoms with van der Waals surface area (Å²) >= 11 is 12.2. The molecule has 134 valence electrons. The fraction of sp³-hybridized carbons (Fsp3) is 0.294. The van der Waals surface area contributed by atoms with Gasteiger partial charge in [0.15, 0.2) is 5.75 Å². The normalized spacial score (nSPS) is 10.4. The van der Waals surface area contributed by atoms with Crippen LogP contribution in [0, 0.1) is 0 Å². The summed E-state index contributed by atoms with van der Waals surface area (Å²) in [5, 5.41) is 0.649. The topological polar surface area (TPSA) is 83.7 Å². The van der Waals surface area contributed by atoms with Gasteiger partial charge in [0, 0.05) is 35.0 Å². The van der Waals surface area contributed by atoms with Crippen molar-refractivity contribution in [2.24, 2.45) is 0 Å². The maximum atomic E-state index is 11.5. The quantitative estimate of drug-likeness (QED) is 0.566. The number of nitrogens with two attached hydrogens (primary N) is 1. The molecule has 2 aromatic rings. The molecule has 0 bridgehead atoms. The number of anilines is 1. The molecule has 1 aromatic heterocycles. The van der Waals surface area contributed by atoms with Crippen LogP contribution in [0.4, 0.5) is 5.69 Å². The molecule has 0 amide bonds. The van der Waals surface area contributed by atoms with Crippen molar-refractivity contribution < 1.29 is 19.0 Å². The van der Waals surface area contributed by atoms with Crippen molar-refractivity contribution >= 4 is 34.9 Å². The summed E-state index contributed by atoms with van der Waals surface area (Å²) in [5.74, 6) is 0.655. The number of carbonyl (C=O) groups is 1. The van der Waals surface area contributed by atoms with Gasteiger partial charge in [-0.1, -0.05) is 23.2 Å². The first kappa shape index (κ1) is 19.1. The Morgan fingerprint density at radius 1 is 1.24 bits per heavy atom. The highest BCUT2D eigenvalue weighted by Crippen LogP contribution is 2.37. The van der Waals surface area contributed by atoms with Crippen LogP contribution in [-0.2, 0) is 16.0 Å². The van der Waals surface area contributed by atoms with Gasteiger partial charge in [-0.2, -0.15) is 0 Å². The van der Waals surface area contributed by atoms with Crippen LogP contribution in [0.3, 0.4) is 0 Å². The van der Waals surface area contributed by atoms with E-state index in [1.807, 2.05) is 0 Å². The molecular formula is C17H18Cl2N2O4. The Hall–Kier alpha value is -2.18. The number of halogens is 2. The maximum Gasteiger partial charge on any atom is 0.306 e. The number of esters is 1. The van der Waals surface area contributed by atoms with Crippen molar-refractivity contribution in [1.82, 2.24) is 4.98 Å². The van der Waals surface area contributed by atoms with E-state index in [0.717, 1.165) is 0 Å². The molecule has 1 aromatic carbocycles. The number of methoxy groups -OCH3 is 1. The van der Waals surface area contributed by atoms with Gasteiger partial charge in [-0.25, -0.2) is 4.98 Å². The van der Waals surface area contributed by atoms with Crippen LogP contribution in [0.15, 0.2) is 24.3 Å². The van der Waals surface area contributed by atoms with Crippen LogP contribution in [0.2, 0.25) is 10.0 Å². The lowest BCUT2D eigenvalue weighted by Crippen LogP contribution is -2.06. The van der Waals surface area contributed by atoms with Crippen LogP contribution in [0.1, 0.15) is 19.0 Å². The van der Waals surface area contributed by atoms with E-state index in [-0.39, 0.29) is 23.3 Å². The number of nitrogen functional groups attached to an aromatic ring is 1. The van der Waals surface area contributed by atoms with Gasteiger partial charge in [-0.3, -0.25) is 4.79 Å². The Morgan fingerprint density at radius 2 is 2.00 bits per heavy atom. The van der Waals surface area contributed by atoms with Crippen LogP contribution in [-0.4, -0.2) is 24.7 Å². The molecule has 0 saturated heterocycles.